The summed E-state index contributed by atoms with van der Waals surface area (Å²) >= 11 is 12.6. The maximum atomic E-state index is 13.6. The minimum Gasteiger partial charge on any atom is -0.466 e. The molecule has 0 spiro atoms. The van der Waals surface area contributed by atoms with Crippen molar-refractivity contribution in [1.82, 2.24) is 45.3 Å². The molecule has 3 amide bonds. The van der Waals surface area contributed by atoms with Gasteiger partial charge >= 0.3 is 11.9 Å². The van der Waals surface area contributed by atoms with Crippen molar-refractivity contribution in [3.05, 3.63) is 79.1 Å². The number of nitrogens with zero attached hydrogens (tertiary/aromatic N) is 6. The Morgan fingerprint density at radius 3 is 1.72 bits per heavy atom. The number of hydrogen-bond acceptors (Lipinski definition) is 11. The first-order chi connectivity index (χ1) is 47.4. The van der Waals surface area contributed by atoms with Gasteiger partial charge in [-0.05, 0) is 265 Å². The molecule has 19 heteroatoms. The summed E-state index contributed by atoms with van der Waals surface area (Å²) in [4.78, 5) is 66.1. The third-order valence-electron chi connectivity index (χ3n) is 26.5. The second-order valence-corrected chi connectivity index (χ2v) is 34.0. The number of halogens is 2. The van der Waals surface area contributed by atoms with Gasteiger partial charge in [0.2, 0.25) is 5.91 Å². The van der Waals surface area contributed by atoms with E-state index in [1.807, 2.05) is 44.5 Å². The van der Waals surface area contributed by atoms with Crippen LogP contribution < -0.4 is 16.0 Å². The van der Waals surface area contributed by atoms with Crippen LogP contribution in [0.4, 0.5) is 0 Å². The highest BCUT2D eigenvalue weighted by atomic mass is 35.5. The van der Waals surface area contributed by atoms with E-state index in [-0.39, 0.29) is 71.1 Å². The molecule has 98 heavy (non-hydrogen) atoms. The Bertz CT molecular complexity index is 3540. The number of benzene rings is 1. The van der Waals surface area contributed by atoms with Crippen LogP contribution in [0.3, 0.4) is 0 Å². The highest BCUT2D eigenvalue weighted by Crippen LogP contribution is 2.61. The average Bonchev–Trinajstić information content (AvgIpc) is 1.22. The second-order valence-electron chi connectivity index (χ2n) is 33.1. The van der Waals surface area contributed by atoms with Gasteiger partial charge in [-0.2, -0.15) is 15.3 Å². The van der Waals surface area contributed by atoms with Crippen molar-refractivity contribution in [2.45, 2.75) is 289 Å². The number of carbonyl (C=O) groups is 5. The van der Waals surface area contributed by atoms with Crippen LogP contribution in [-0.2, 0) is 67.1 Å². The summed E-state index contributed by atoms with van der Waals surface area (Å²) < 4.78 is 23.0. The Labute approximate surface area is 591 Å². The summed E-state index contributed by atoms with van der Waals surface area (Å²) in [5.41, 5.74) is 10.0. The molecule has 0 radical (unpaired) electrons. The van der Waals surface area contributed by atoms with E-state index in [9.17, 15) is 24.0 Å². The number of rotatable bonds is 17. The molecule has 17 rings (SSSR count). The maximum absolute atomic E-state index is 13.6. The number of carbonyl (C=O) groups excluding carboxylic acids is 5. The molecule has 3 N–H and O–H groups in total. The van der Waals surface area contributed by atoms with Crippen molar-refractivity contribution < 1.29 is 38.2 Å². The Hall–Kier alpha value is -5.26. The third kappa shape index (κ3) is 13.8. The molecule has 8 bridgehead atoms. The van der Waals surface area contributed by atoms with Crippen LogP contribution in [-0.4, -0.2) is 97.5 Å². The molecule has 1 aromatic carbocycles. The van der Waals surface area contributed by atoms with Gasteiger partial charge in [0, 0.05) is 64.6 Å². The molecular formula is C79H111Cl2N9O8. The van der Waals surface area contributed by atoms with E-state index in [0.717, 1.165) is 161 Å². The second kappa shape index (κ2) is 29.6. The quantitative estimate of drug-likeness (QED) is 0.0849. The summed E-state index contributed by atoms with van der Waals surface area (Å²) in [6.07, 6.45) is 39.0. The maximum Gasteiger partial charge on any atom is 0.311 e. The van der Waals surface area contributed by atoms with Crippen molar-refractivity contribution in [3.63, 3.8) is 0 Å². The van der Waals surface area contributed by atoms with Crippen LogP contribution >= 0.6 is 23.2 Å². The molecule has 17 nitrogen and oxygen atoms in total. The lowest BCUT2D eigenvalue weighted by molar-refractivity contribution is -0.152. The number of ether oxygens (including phenoxy) is 3. The largest absolute Gasteiger partial charge is 0.466 e. The summed E-state index contributed by atoms with van der Waals surface area (Å²) in [6.45, 7) is 10.8. The number of esters is 2. The van der Waals surface area contributed by atoms with Gasteiger partial charge in [-0.25, -0.2) is 4.68 Å². The first-order valence-electron chi connectivity index (χ1n) is 39.0. The van der Waals surface area contributed by atoms with E-state index in [1.54, 1.807) is 13.2 Å². The van der Waals surface area contributed by atoms with Crippen LogP contribution in [0.25, 0.3) is 5.69 Å². The zero-order chi connectivity index (χ0) is 68.1. The van der Waals surface area contributed by atoms with Gasteiger partial charge in [0.25, 0.3) is 11.8 Å². The molecule has 13 aliphatic rings. The first-order valence-corrected chi connectivity index (χ1v) is 39.7. The first kappa shape index (κ1) is 69.8. The van der Waals surface area contributed by atoms with E-state index in [1.165, 1.54) is 114 Å². The number of aromatic nitrogens is 6. The predicted molar refractivity (Wildman–Crippen MR) is 378 cm³/mol. The molecule has 10 fully saturated rings. The molecule has 6 unspecified atom stereocenters. The van der Waals surface area contributed by atoms with Gasteiger partial charge in [0.05, 0.1) is 65.3 Å². The van der Waals surface area contributed by atoms with E-state index in [4.69, 9.17) is 52.7 Å². The fraction of sp³-hybridized carbons (Fsp3) is 0.747. The van der Waals surface area contributed by atoms with E-state index >= 15 is 0 Å². The van der Waals surface area contributed by atoms with Gasteiger partial charge in [0.1, 0.15) is 0 Å². The van der Waals surface area contributed by atoms with Crippen molar-refractivity contribution >= 4 is 52.9 Å². The topological polar surface area (TPSA) is 203 Å². The smallest absolute Gasteiger partial charge is 0.311 e. The molecule has 4 aromatic rings. The molecule has 13 aliphatic carbocycles. The van der Waals surface area contributed by atoms with Gasteiger partial charge in [-0.15, -0.1) is 0 Å². The van der Waals surface area contributed by atoms with E-state index in [2.05, 4.69) is 32.2 Å². The van der Waals surface area contributed by atoms with Crippen molar-refractivity contribution in [2.24, 2.45) is 64.1 Å². The number of hydrogen-bond donors (Lipinski definition) is 3. The average molecular weight is 1390 g/mol. The van der Waals surface area contributed by atoms with Crippen LogP contribution in [0.5, 0.6) is 0 Å². The van der Waals surface area contributed by atoms with Crippen LogP contribution in [0.15, 0.2) is 18.2 Å². The zero-order valence-corrected chi connectivity index (χ0v) is 61.1. The third-order valence-corrected chi connectivity index (χ3v) is 27.1. The van der Waals surface area contributed by atoms with Gasteiger partial charge in [0.15, 0.2) is 11.4 Å². The number of amides is 3. The summed E-state index contributed by atoms with van der Waals surface area (Å²) in [5, 5.41) is 26.1. The molecule has 3 aromatic heterocycles. The SMILES string of the molecule is CC(NC(=O)c1nn(-c2ccc(Cl)cc2Cl)c2c1CCCC2)C12CC3CC(CC(C3)C1)C2.CCOC(=O)[C@H]1C2CCC(C2)[C@H]1NC(=O)C(C)(C)Cc1nn(C2CCCCC2)c2c1CCCC2.CCOC(=O)[C@H]1C2CCC(C2)[C@H]1NC(=O)c1nn(C2CCCCC2)c2c1CCCC2OC. The molecule has 10 atom stereocenters. The van der Waals surface area contributed by atoms with Crippen LogP contribution in [0, 0.1) is 64.1 Å². The van der Waals surface area contributed by atoms with Gasteiger partial charge in [-0.3, -0.25) is 33.3 Å². The minimum absolute atomic E-state index is 0.00417. The zero-order valence-electron chi connectivity index (χ0n) is 59.6. The molecule has 0 saturated heterocycles. The molecule has 10 saturated carbocycles. The Morgan fingerprint density at radius 1 is 0.592 bits per heavy atom. The van der Waals surface area contributed by atoms with Gasteiger partial charge < -0.3 is 30.2 Å². The Kier molecular flexibility index (Phi) is 21.1. The van der Waals surface area contributed by atoms with E-state index < -0.39 is 5.41 Å². The van der Waals surface area contributed by atoms with Crippen molar-refractivity contribution in [3.8, 4) is 5.69 Å². The normalized spacial score (nSPS) is 30.8. The van der Waals surface area contributed by atoms with Gasteiger partial charge in [-0.1, -0.05) is 75.6 Å². The summed E-state index contributed by atoms with van der Waals surface area (Å²) in [7, 11) is 1.76. The lowest BCUT2D eigenvalue weighted by Crippen LogP contribution is -2.55. The molecule has 3 heterocycles. The Morgan fingerprint density at radius 2 is 1.13 bits per heavy atom. The fourth-order valence-corrected chi connectivity index (χ4v) is 22.6. The lowest BCUT2D eigenvalue weighted by atomic mass is 9.48. The highest BCUT2D eigenvalue weighted by molar-refractivity contribution is 6.35. The summed E-state index contributed by atoms with van der Waals surface area (Å²) in [6, 6.07) is 6.31. The molecule has 0 aliphatic heterocycles. The molecular weight excluding hydrogens is 1270 g/mol. The predicted octanol–water partition coefficient (Wildman–Crippen LogP) is 15.4. The van der Waals surface area contributed by atoms with E-state index in [0.29, 0.717) is 76.8 Å². The minimum atomic E-state index is -0.571. The fourth-order valence-electron chi connectivity index (χ4n) is 22.1. The van der Waals surface area contributed by atoms with Crippen LogP contribution in [0.1, 0.15) is 293 Å². The monoisotopic (exact) mass is 1380 g/mol. The number of nitrogens with one attached hydrogen (secondary N) is 3. The molecule has 534 valence electrons. The highest BCUT2D eigenvalue weighted by Gasteiger charge is 2.56. The number of fused-ring (bicyclic) bond motifs is 7. The summed E-state index contributed by atoms with van der Waals surface area (Å²) in [5.74, 6) is 3.30. The lowest BCUT2D eigenvalue weighted by Gasteiger charge is -2.59. The Balaban J connectivity index is 0.000000126. The number of methoxy groups -OCH3 is 1. The van der Waals surface area contributed by atoms with Crippen molar-refractivity contribution in [2.75, 3.05) is 20.3 Å². The van der Waals surface area contributed by atoms with Crippen molar-refractivity contribution in [1.29, 1.82) is 0 Å². The van der Waals surface area contributed by atoms with Crippen LogP contribution in [0.2, 0.25) is 10.0 Å². The standard InChI is InChI=1S/C28H43N3O3.C26H31Cl2N3O.C25H37N3O4/c1-4-34-26(32)24-18-14-15-19(16-18)25(24)29-27(33)28(2,3)17-22-21-12-8-9-13-23(21)31(30-22)20-10-6-5-7-11-20;1-15(26-12-16-8-17(13-26)10-18(9-16)14-26)29-25(32)24-20-4-2-3-5-22(20)31(30-24)23-7-6-19(27)11-21(23)28;1-3-32-25(30)20-15-12-13-16(14-15)21(20)26-24(29)22-18-10-7-11-19(31-2)23(18)28(27-22)17-8-5-4-6-9-17/h18-20,24-25H,4-17H2,1-3H3,(H,29,33);6-7,11,15-18H,2-5,8-10,12-14H2,1H3,(H,29,32);15-17,19-21H,3-14H2,1-2H3,(H,26,29)/t18?,19?,24-,25+;;15?,16?,19?,20-,21+/m0.0/s1.